The summed E-state index contributed by atoms with van der Waals surface area (Å²) in [5.74, 6) is 1.48. The van der Waals surface area contributed by atoms with Crippen LogP contribution in [0.5, 0.6) is 0 Å². The van der Waals surface area contributed by atoms with Crippen LogP contribution in [0, 0.1) is 12.8 Å². The maximum atomic E-state index is 9.67. The molecule has 2 N–H and O–H groups in total. The fourth-order valence-corrected chi connectivity index (χ4v) is 5.19. The number of hydrogen-bond donors (Lipinski definition) is 2. The van der Waals surface area contributed by atoms with Crippen molar-refractivity contribution in [3.8, 4) is 10.6 Å². The van der Waals surface area contributed by atoms with Crippen molar-refractivity contribution < 1.29 is 5.11 Å². The Bertz CT molecular complexity index is 1120. The normalized spacial score (nSPS) is 20.1. The molecule has 1 aliphatic carbocycles. The summed E-state index contributed by atoms with van der Waals surface area (Å²) in [5.41, 5.74) is 3.19. The molecule has 5 nitrogen and oxygen atoms in total. The minimum absolute atomic E-state index is 0.107. The molecule has 1 saturated carbocycles. The smallest absolute Gasteiger partial charge is 0.154 e. The van der Waals surface area contributed by atoms with Crippen LogP contribution in [0.2, 0.25) is 0 Å². The molecule has 0 amide bonds. The molecule has 0 aliphatic heterocycles. The molecule has 1 aliphatic rings. The fraction of sp³-hybridized carbons (Fsp3) is 0.364. The number of aliphatic hydroxyl groups excluding tert-OH is 1. The second kappa shape index (κ2) is 7.18. The second-order valence-electron chi connectivity index (χ2n) is 7.79. The third-order valence-electron chi connectivity index (χ3n) is 5.74. The molecule has 6 heteroatoms. The Balaban J connectivity index is 1.42. The van der Waals surface area contributed by atoms with Crippen molar-refractivity contribution in [2.45, 2.75) is 38.7 Å². The number of rotatable bonds is 4. The molecule has 0 saturated heterocycles. The number of aliphatic hydroxyl groups is 1. The Morgan fingerprint density at radius 3 is 2.86 bits per heavy atom. The standard InChI is InChI=1S/C22H24N4OS/c1-14-3-2-4-16-11-19(28-22(14)16)18-13-24-21-10-9-20(25-26(18)21)23-12-15-5-7-17(27)8-6-15/h2-4,9-11,13,15,17,27H,5-8,12H2,1H3,(H,23,25). The lowest BCUT2D eigenvalue weighted by molar-refractivity contribution is 0.111. The summed E-state index contributed by atoms with van der Waals surface area (Å²) >= 11 is 1.79. The van der Waals surface area contributed by atoms with Gasteiger partial charge in [-0.3, -0.25) is 0 Å². The van der Waals surface area contributed by atoms with Gasteiger partial charge in [0.25, 0.3) is 0 Å². The molecular formula is C22H24N4OS. The van der Waals surface area contributed by atoms with Crippen molar-refractivity contribution in [2.75, 3.05) is 11.9 Å². The molecule has 1 fully saturated rings. The molecule has 1 aromatic carbocycles. The molecular weight excluding hydrogens is 368 g/mol. The predicted octanol–water partition coefficient (Wildman–Crippen LogP) is 4.88. The summed E-state index contributed by atoms with van der Waals surface area (Å²) < 4.78 is 3.26. The first-order valence-electron chi connectivity index (χ1n) is 9.93. The van der Waals surface area contributed by atoms with Crippen LogP contribution in [0.3, 0.4) is 0 Å². The highest BCUT2D eigenvalue weighted by Crippen LogP contribution is 2.35. The van der Waals surface area contributed by atoms with Crippen molar-refractivity contribution in [3.63, 3.8) is 0 Å². The van der Waals surface area contributed by atoms with Crippen LogP contribution in [0.15, 0.2) is 42.6 Å². The number of aromatic nitrogens is 3. The first-order valence-corrected chi connectivity index (χ1v) is 10.8. The molecule has 5 rings (SSSR count). The van der Waals surface area contributed by atoms with Crippen LogP contribution in [0.25, 0.3) is 26.3 Å². The summed E-state index contributed by atoms with van der Waals surface area (Å²) in [7, 11) is 0. The van der Waals surface area contributed by atoms with E-state index in [4.69, 9.17) is 5.10 Å². The zero-order chi connectivity index (χ0) is 19.1. The minimum atomic E-state index is -0.107. The van der Waals surface area contributed by atoms with Crippen LogP contribution in [0.4, 0.5) is 5.82 Å². The van der Waals surface area contributed by atoms with Gasteiger partial charge in [-0.25, -0.2) is 9.50 Å². The van der Waals surface area contributed by atoms with Crippen molar-refractivity contribution in [3.05, 3.63) is 48.2 Å². The summed E-state index contributed by atoms with van der Waals surface area (Å²) in [6.45, 7) is 3.05. The number of benzene rings is 1. The number of nitrogens with one attached hydrogen (secondary N) is 1. The van der Waals surface area contributed by atoms with E-state index in [0.29, 0.717) is 5.92 Å². The SMILES string of the molecule is Cc1cccc2cc(-c3cnc4ccc(NCC5CCC(O)CC5)nn34)sc12. The predicted molar refractivity (Wildman–Crippen MR) is 115 cm³/mol. The molecule has 28 heavy (non-hydrogen) atoms. The molecule has 0 bridgehead atoms. The Hall–Kier alpha value is -2.44. The average Bonchev–Trinajstić information content (AvgIpc) is 3.32. The lowest BCUT2D eigenvalue weighted by atomic mass is 9.87. The van der Waals surface area contributed by atoms with E-state index in [1.165, 1.54) is 20.5 Å². The molecule has 4 aromatic rings. The third-order valence-corrected chi connectivity index (χ3v) is 7.05. The lowest BCUT2D eigenvalue weighted by Gasteiger charge is -2.25. The quantitative estimate of drug-likeness (QED) is 0.519. The van der Waals surface area contributed by atoms with E-state index in [1.807, 2.05) is 22.8 Å². The summed E-state index contributed by atoms with van der Waals surface area (Å²) in [5, 5.41) is 19.2. The Labute approximate surface area is 168 Å². The Morgan fingerprint density at radius 2 is 2.04 bits per heavy atom. The zero-order valence-electron chi connectivity index (χ0n) is 15.9. The van der Waals surface area contributed by atoms with Gasteiger partial charge in [0.05, 0.1) is 17.2 Å². The number of fused-ring (bicyclic) bond motifs is 2. The van der Waals surface area contributed by atoms with Gasteiger partial charge >= 0.3 is 0 Å². The van der Waals surface area contributed by atoms with E-state index in [1.54, 1.807) is 11.3 Å². The number of nitrogens with zero attached hydrogens (tertiary/aromatic N) is 3. The van der Waals surface area contributed by atoms with E-state index in [0.717, 1.165) is 49.4 Å². The van der Waals surface area contributed by atoms with Gasteiger partial charge in [0.1, 0.15) is 11.5 Å². The van der Waals surface area contributed by atoms with Crippen molar-refractivity contribution in [1.82, 2.24) is 14.6 Å². The number of hydrogen-bond acceptors (Lipinski definition) is 5. The van der Waals surface area contributed by atoms with Gasteiger partial charge in [-0.15, -0.1) is 16.4 Å². The van der Waals surface area contributed by atoms with Gasteiger partial charge in [0, 0.05) is 11.2 Å². The lowest BCUT2D eigenvalue weighted by Crippen LogP contribution is -2.23. The Kier molecular flexibility index (Phi) is 4.53. The molecule has 0 unspecified atom stereocenters. The highest BCUT2D eigenvalue weighted by Gasteiger charge is 2.19. The van der Waals surface area contributed by atoms with Crippen molar-refractivity contribution in [1.29, 1.82) is 0 Å². The van der Waals surface area contributed by atoms with E-state index >= 15 is 0 Å². The average molecular weight is 393 g/mol. The van der Waals surface area contributed by atoms with Crippen molar-refractivity contribution in [2.24, 2.45) is 5.92 Å². The van der Waals surface area contributed by atoms with Gasteiger partial charge < -0.3 is 10.4 Å². The molecule has 3 aromatic heterocycles. The second-order valence-corrected chi connectivity index (χ2v) is 8.84. The Morgan fingerprint density at radius 1 is 1.18 bits per heavy atom. The van der Waals surface area contributed by atoms with Crippen LogP contribution in [0.1, 0.15) is 31.2 Å². The van der Waals surface area contributed by atoms with Crippen LogP contribution >= 0.6 is 11.3 Å². The minimum Gasteiger partial charge on any atom is -0.393 e. The van der Waals surface area contributed by atoms with Crippen LogP contribution in [-0.2, 0) is 0 Å². The number of imidazole rings is 1. The topological polar surface area (TPSA) is 62.5 Å². The monoisotopic (exact) mass is 392 g/mol. The molecule has 0 spiro atoms. The first-order chi connectivity index (χ1) is 13.7. The largest absolute Gasteiger partial charge is 0.393 e. The summed E-state index contributed by atoms with van der Waals surface area (Å²) in [6.07, 6.45) is 5.78. The molecule has 0 atom stereocenters. The fourth-order valence-electron chi connectivity index (χ4n) is 4.07. The maximum absolute atomic E-state index is 9.67. The molecule has 3 heterocycles. The van der Waals surface area contributed by atoms with Gasteiger partial charge in [-0.05, 0) is 67.7 Å². The first kappa shape index (κ1) is 17.6. The van der Waals surface area contributed by atoms with E-state index < -0.39 is 0 Å². The summed E-state index contributed by atoms with van der Waals surface area (Å²) in [4.78, 5) is 5.72. The third kappa shape index (κ3) is 3.27. The summed E-state index contributed by atoms with van der Waals surface area (Å²) in [6, 6.07) is 12.7. The number of anilines is 1. The van der Waals surface area contributed by atoms with Crippen LogP contribution in [-0.4, -0.2) is 32.4 Å². The van der Waals surface area contributed by atoms with Gasteiger partial charge in [-0.1, -0.05) is 18.2 Å². The molecule has 144 valence electrons. The highest BCUT2D eigenvalue weighted by molar-refractivity contribution is 7.22. The van der Waals surface area contributed by atoms with Gasteiger partial charge in [0.2, 0.25) is 0 Å². The van der Waals surface area contributed by atoms with Gasteiger partial charge in [-0.2, -0.15) is 0 Å². The molecule has 0 radical (unpaired) electrons. The van der Waals surface area contributed by atoms with Gasteiger partial charge in [0.15, 0.2) is 5.65 Å². The highest BCUT2D eigenvalue weighted by atomic mass is 32.1. The van der Waals surface area contributed by atoms with Crippen molar-refractivity contribution >= 4 is 32.9 Å². The number of thiophene rings is 1. The van der Waals surface area contributed by atoms with E-state index in [9.17, 15) is 5.11 Å². The van der Waals surface area contributed by atoms with E-state index in [2.05, 4.69) is 41.5 Å². The van der Waals surface area contributed by atoms with E-state index in [-0.39, 0.29) is 6.10 Å². The maximum Gasteiger partial charge on any atom is 0.154 e. The van der Waals surface area contributed by atoms with Crippen LogP contribution < -0.4 is 5.32 Å². The zero-order valence-corrected chi connectivity index (χ0v) is 16.7. The number of aryl methyl sites for hydroxylation is 1.